The van der Waals surface area contributed by atoms with E-state index < -0.39 is 0 Å². The summed E-state index contributed by atoms with van der Waals surface area (Å²) in [6, 6.07) is 7.26. The average Bonchev–Trinajstić information content (AvgIpc) is 2.61. The molecule has 1 unspecified atom stereocenters. The van der Waals surface area contributed by atoms with Crippen molar-refractivity contribution in [3.05, 3.63) is 29.3 Å². The first kappa shape index (κ1) is 20.2. The van der Waals surface area contributed by atoms with Gasteiger partial charge in [0.25, 0.3) is 0 Å². The molecular weight excluding hydrogens is 326 g/mol. The maximum atomic E-state index is 5.72. The SMILES string of the molecule is CCc1cccc(C)c1NC(=S)N1CCC([NH+](C)CCC(C)C)CC1. The van der Waals surface area contributed by atoms with E-state index in [9.17, 15) is 0 Å². The molecule has 1 aliphatic rings. The number of likely N-dealkylation sites (tertiary alicyclic amines) is 1. The van der Waals surface area contributed by atoms with Crippen LogP contribution in [0.4, 0.5) is 5.69 Å². The van der Waals surface area contributed by atoms with Crippen LogP contribution in [-0.2, 0) is 6.42 Å². The lowest BCUT2D eigenvalue weighted by atomic mass is 10.0. The van der Waals surface area contributed by atoms with E-state index in [1.807, 2.05) is 0 Å². The van der Waals surface area contributed by atoms with Crippen molar-refractivity contribution in [2.24, 2.45) is 5.92 Å². The van der Waals surface area contributed by atoms with Crippen molar-refractivity contribution < 1.29 is 4.90 Å². The highest BCUT2D eigenvalue weighted by Gasteiger charge is 2.26. The van der Waals surface area contributed by atoms with Gasteiger partial charge in [-0.15, -0.1) is 0 Å². The van der Waals surface area contributed by atoms with Crippen molar-refractivity contribution >= 4 is 23.0 Å². The molecule has 1 fully saturated rings. The first-order valence-electron chi connectivity index (χ1n) is 9.89. The lowest BCUT2D eigenvalue weighted by Gasteiger charge is -2.36. The van der Waals surface area contributed by atoms with Crippen LogP contribution in [0, 0.1) is 12.8 Å². The Morgan fingerprint density at radius 3 is 2.60 bits per heavy atom. The van der Waals surface area contributed by atoms with Gasteiger partial charge in [-0.25, -0.2) is 0 Å². The third-order valence-corrected chi connectivity index (χ3v) is 5.93. The van der Waals surface area contributed by atoms with E-state index in [1.165, 1.54) is 42.6 Å². The summed E-state index contributed by atoms with van der Waals surface area (Å²) in [6.45, 7) is 12.4. The molecule has 25 heavy (non-hydrogen) atoms. The Balaban J connectivity index is 1.87. The summed E-state index contributed by atoms with van der Waals surface area (Å²) < 4.78 is 0. The van der Waals surface area contributed by atoms with Crippen LogP contribution in [0.15, 0.2) is 18.2 Å². The van der Waals surface area contributed by atoms with Gasteiger partial charge in [-0.2, -0.15) is 0 Å². The van der Waals surface area contributed by atoms with E-state index in [1.54, 1.807) is 4.90 Å². The summed E-state index contributed by atoms with van der Waals surface area (Å²) in [4.78, 5) is 4.05. The molecule has 1 aromatic carbocycles. The summed E-state index contributed by atoms with van der Waals surface area (Å²) in [5.41, 5.74) is 3.82. The average molecular weight is 363 g/mol. The maximum absolute atomic E-state index is 5.72. The van der Waals surface area contributed by atoms with E-state index in [0.717, 1.165) is 36.6 Å². The Labute approximate surface area is 159 Å². The smallest absolute Gasteiger partial charge is 0.173 e. The summed E-state index contributed by atoms with van der Waals surface area (Å²) in [5.74, 6) is 0.800. The molecule has 0 amide bonds. The van der Waals surface area contributed by atoms with Gasteiger partial charge in [0.05, 0.1) is 19.6 Å². The number of aryl methyl sites for hydroxylation is 2. The highest BCUT2D eigenvalue weighted by Crippen LogP contribution is 2.22. The number of nitrogens with zero attached hydrogens (tertiary/aromatic N) is 1. The van der Waals surface area contributed by atoms with Crippen LogP contribution >= 0.6 is 12.2 Å². The van der Waals surface area contributed by atoms with Crippen molar-refractivity contribution in [3.8, 4) is 0 Å². The Bertz CT molecular complexity index is 562. The van der Waals surface area contributed by atoms with Gasteiger partial charge in [0.1, 0.15) is 0 Å². The Hall–Kier alpha value is -1.13. The minimum absolute atomic E-state index is 0.780. The van der Waals surface area contributed by atoms with Gasteiger partial charge in [0, 0.05) is 31.6 Å². The highest BCUT2D eigenvalue weighted by molar-refractivity contribution is 7.80. The van der Waals surface area contributed by atoms with Crippen molar-refractivity contribution in [3.63, 3.8) is 0 Å². The number of hydrogen-bond acceptors (Lipinski definition) is 1. The second kappa shape index (κ2) is 9.54. The molecule has 0 radical (unpaired) electrons. The zero-order valence-electron chi connectivity index (χ0n) is 16.7. The quantitative estimate of drug-likeness (QED) is 0.758. The van der Waals surface area contributed by atoms with Crippen LogP contribution < -0.4 is 10.2 Å². The minimum Gasteiger partial charge on any atom is -0.349 e. The third kappa shape index (κ3) is 5.68. The zero-order valence-corrected chi connectivity index (χ0v) is 17.5. The number of para-hydroxylation sites is 1. The number of nitrogens with one attached hydrogen (secondary N) is 2. The second-order valence-electron chi connectivity index (χ2n) is 7.93. The minimum atomic E-state index is 0.780. The Morgan fingerprint density at radius 1 is 1.32 bits per heavy atom. The summed E-state index contributed by atoms with van der Waals surface area (Å²) in [5, 5.41) is 4.43. The molecule has 0 spiro atoms. The molecule has 1 aromatic rings. The molecule has 0 bridgehead atoms. The predicted octanol–water partition coefficient (Wildman–Crippen LogP) is 3.28. The van der Waals surface area contributed by atoms with Gasteiger partial charge in [0.15, 0.2) is 5.11 Å². The number of anilines is 1. The van der Waals surface area contributed by atoms with E-state index in [4.69, 9.17) is 12.2 Å². The number of rotatable bonds is 6. The Kier molecular flexibility index (Phi) is 7.70. The van der Waals surface area contributed by atoms with Crippen LogP contribution in [0.3, 0.4) is 0 Å². The van der Waals surface area contributed by atoms with Crippen LogP contribution in [0.2, 0.25) is 0 Å². The van der Waals surface area contributed by atoms with Gasteiger partial charge < -0.3 is 15.1 Å². The van der Waals surface area contributed by atoms with E-state index in [-0.39, 0.29) is 0 Å². The molecule has 1 saturated heterocycles. The molecule has 2 N–H and O–H groups in total. The normalized spacial score (nSPS) is 17.0. The van der Waals surface area contributed by atoms with E-state index in [2.05, 4.69) is 63.2 Å². The number of piperidine rings is 1. The van der Waals surface area contributed by atoms with Gasteiger partial charge in [-0.1, -0.05) is 39.0 Å². The van der Waals surface area contributed by atoms with Gasteiger partial charge in [-0.3, -0.25) is 0 Å². The highest BCUT2D eigenvalue weighted by atomic mass is 32.1. The van der Waals surface area contributed by atoms with E-state index in [0.29, 0.717) is 0 Å². The fraction of sp³-hybridized carbons (Fsp3) is 0.667. The zero-order chi connectivity index (χ0) is 18.4. The van der Waals surface area contributed by atoms with Crippen molar-refractivity contribution in [1.29, 1.82) is 0 Å². The summed E-state index contributed by atoms with van der Waals surface area (Å²) in [6.07, 6.45) is 4.82. The van der Waals surface area contributed by atoms with Gasteiger partial charge >= 0.3 is 0 Å². The van der Waals surface area contributed by atoms with Crippen LogP contribution in [0.5, 0.6) is 0 Å². The molecule has 140 valence electrons. The van der Waals surface area contributed by atoms with Crippen LogP contribution in [-0.4, -0.2) is 42.7 Å². The first-order chi connectivity index (χ1) is 11.9. The molecule has 2 rings (SSSR count). The number of thiocarbonyl (C=S) groups is 1. The maximum Gasteiger partial charge on any atom is 0.173 e. The standard InChI is InChI=1S/C21H35N3S/c1-6-18-9-7-8-17(4)20(18)22-21(25)24-14-11-19(12-15-24)23(5)13-10-16(2)3/h7-9,16,19H,6,10-15H2,1-5H3,(H,22,25)/p+1. The fourth-order valence-electron chi connectivity index (χ4n) is 3.68. The third-order valence-electron chi connectivity index (χ3n) is 5.57. The molecule has 1 heterocycles. The van der Waals surface area contributed by atoms with Crippen LogP contribution in [0.25, 0.3) is 0 Å². The molecule has 0 aliphatic carbocycles. The molecule has 0 aromatic heterocycles. The molecule has 3 nitrogen and oxygen atoms in total. The first-order valence-corrected chi connectivity index (χ1v) is 10.3. The van der Waals surface area contributed by atoms with Crippen molar-refractivity contribution in [2.75, 3.05) is 32.0 Å². The summed E-state index contributed by atoms with van der Waals surface area (Å²) in [7, 11) is 2.36. The van der Waals surface area contributed by atoms with E-state index >= 15 is 0 Å². The predicted molar refractivity (Wildman–Crippen MR) is 113 cm³/mol. The Morgan fingerprint density at radius 2 is 2.00 bits per heavy atom. The monoisotopic (exact) mass is 362 g/mol. The van der Waals surface area contributed by atoms with Crippen LogP contribution in [0.1, 0.15) is 51.2 Å². The second-order valence-corrected chi connectivity index (χ2v) is 8.32. The lowest BCUT2D eigenvalue weighted by Crippen LogP contribution is -3.13. The number of benzene rings is 1. The van der Waals surface area contributed by atoms with Crippen molar-refractivity contribution in [2.45, 2.75) is 59.4 Å². The largest absolute Gasteiger partial charge is 0.349 e. The summed E-state index contributed by atoms with van der Waals surface area (Å²) >= 11 is 5.72. The topological polar surface area (TPSA) is 19.7 Å². The van der Waals surface area contributed by atoms with Gasteiger partial charge in [0.2, 0.25) is 0 Å². The lowest BCUT2D eigenvalue weighted by molar-refractivity contribution is -0.907. The molecule has 1 atom stereocenters. The van der Waals surface area contributed by atoms with Crippen molar-refractivity contribution in [1.82, 2.24) is 4.90 Å². The molecule has 0 saturated carbocycles. The molecule has 1 aliphatic heterocycles. The molecular formula is C21H36N3S+. The molecule has 4 heteroatoms. The van der Waals surface area contributed by atoms with Gasteiger partial charge in [-0.05, 0) is 49.0 Å². The number of quaternary nitrogens is 1. The number of hydrogen-bond donors (Lipinski definition) is 2. The fourth-order valence-corrected chi connectivity index (χ4v) is 3.97.